The number of sulfonamides is 1. The van der Waals surface area contributed by atoms with Gasteiger partial charge in [-0.3, -0.25) is 13.9 Å². The fourth-order valence-electron chi connectivity index (χ4n) is 4.59. The highest BCUT2D eigenvalue weighted by Gasteiger charge is 2.30. The number of nitrogens with one attached hydrogen (secondary N) is 1. The third kappa shape index (κ3) is 9.87. The minimum atomic E-state index is -3.63. The van der Waals surface area contributed by atoms with Gasteiger partial charge in [0.25, 0.3) is 0 Å². The molecule has 226 valence electrons. The molecule has 0 aromatic heterocycles. The van der Waals surface area contributed by atoms with Crippen molar-refractivity contribution in [2.45, 2.75) is 52.1 Å². The number of nitrogens with zero attached hydrogens (tertiary/aromatic N) is 2. The molecule has 0 spiro atoms. The molecule has 0 radical (unpaired) electrons. The van der Waals surface area contributed by atoms with Gasteiger partial charge >= 0.3 is 0 Å². The van der Waals surface area contributed by atoms with Gasteiger partial charge in [-0.25, -0.2) is 12.8 Å². The second-order valence-electron chi connectivity index (χ2n) is 10.0. The zero-order valence-electron chi connectivity index (χ0n) is 24.5. The Bertz CT molecular complexity index is 1380. The van der Waals surface area contributed by atoms with E-state index in [9.17, 15) is 22.4 Å². The van der Waals surface area contributed by atoms with Crippen molar-refractivity contribution in [2.75, 3.05) is 30.3 Å². The minimum absolute atomic E-state index is 0.0105. The predicted molar refractivity (Wildman–Crippen MR) is 163 cm³/mol. The Hall–Kier alpha value is -3.92. The van der Waals surface area contributed by atoms with Gasteiger partial charge in [0.1, 0.15) is 17.6 Å². The van der Waals surface area contributed by atoms with Crippen LogP contribution < -0.4 is 14.4 Å². The van der Waals surface area contributed by atoms with E-state index in [0.717, 1.165) is 18.2 Å². The van der Waals surface area contributed by atoms with Gasteiger partial charge in [-0.05, 0) is 67.3 Å². The molecular weight excluding hydrogens is 557 g/mol. The molecule has 8 nitrogen and oxygen atoms in total. The van der Waals surface area contributed by atoms with E-state index in [1.54, 1.807) is 36.4 Å². The second kappa shape index (κ2) is 15.9. The zero-order chi connectivity index (χ0) is 30.5. The van der Waals surface area contributed by atoms with Crippen LogP contribution in [-0.4, -0.2) is 57.1 Å². The zero-order valence-corrected chi connectivity index (χ0v) is 25.3. The predicted octanol–water partition coefficient (Wildman–Crippen LogP) is 4.94. The number of carbonyl (C=O) groups excluding carboxylic acids is 2. The molecule has 42 heavy (non-hydrogen) atoms. The average molecular weight is 598 g/mol. The summed E-state index contributed by atoms with van der Waals surface area (Å²) in [4.78, 5) is 28.7. The number of benzene rings is 3. The molecule has 0 aliphatic heterocycles. The molecule has 0 aliphatic carbocycles. The van der Waals surface area contributed by atoms with E-state index in [2.05, 4.69) is 5.32 Å². The van der Waals surface area contributed by atoms with E-state index in [1.165, 1.54) is 21.3 Å². The van der Waals surface area contributed by atoms with Crippen LogP contribution in [0.1, 0.15) is 44.2 Å². The first kappa shape index (κ1) is 32.6. The largest absolute Gasteiger partial charge is 0.494 e. The molecule has 0 saturated carbocycles. The number of rotatable bonds is 16. The molecule has 1 N–H and O–H groups in total. The average Bonchev–Trinajstić information content (AvgIpc) is 2.97. The summed E-state index contributed by atoms with van der Waals surface area (Å²) in [6.45, 7) is 4.96. The molecule has 3 rings (SSSR count). The number of ether oxygens (including phenoxy) is 1. The van der Waals surface area contributed by atoms with Crippen LogP contribution in [0, 0.1) is 5.82 Å². The monoisotopic (exact) mass is 597 g/mol. The van der Waals surface area contributed by atoms with Crippen molar-refractivity contribution in [3.8, 4) is 5.75 Å². The Morgan fingerprint density at radius 1 is 0.929 bits per heavy atom. The van der Waals surface area contributed by atoms with Crippen LogP contribution in [0.4, 0.5) is 10.1 Å². The molecule has 2 amide bonds. The summed E-state index contributed by atoms with van der Waals surface area (Å²) in [6, 6.07) is 21.2. The van der Waals surface area contributed by atoms with Crippen LogP contribution in [0.15, 0.2) is 78.9 Å². The fourth-order valence-corrected chi connectivity index (χ4v) is 5.55. The van der Waals surface area contributed by atoms with Crippen molar-refractivity contribution in [3.63, 3.8) is 0 Å². The lowest BCUT2D eigenvalue weighted by molar-refractivity contribution is -0.141. The summed E-state index contributed by atoms with van der Waals surface area (Å²) in [5, 5.41) is 2.92. The lowest BCUT2D eigenvalue weighted by Crippen LogP contribution is -2.50. The van der Waals surface area contributed by atoms with E-state index < -0.39 is 21.9 Å². The van der Waals surface area contributed by atoms with Crippen LogP contribution >= 0.6 is 0 Å². The number of hydrogen-bond donors (Lipinski definition) is 1. The van der Waals surface area contributed by atoms with Gasteiger partial charge < -0.3 is 15.0 Å². The number of amides is 2. The minimum Gasteiger partial charge on any atom is -0.494 e. The number of halogens is 1. The first-order chi connectivity index (χ1) is 20.1. The highest BCUT2D eigenvalue weighted by Crippen LogP contribution is 2.23. The lowest BCUT2D eigenvalue weighted by Gasteiger charge is -2.32. The number of carbonyl (C=O) groups is 2. The van der Waals surface area contributed by atoms with Crippen LogP contribution in [0.25, 0.3) is 0 Å². The van der Waals surface area contributed by atoms with Gasteiger partial charge in [-0.2, -0.15) is 0 Å². The van der Waals surface area contributed by atoms with Gasteiger partial charge in [-0.15, -0.1) is 0 Å². The van der Waals surface area contributed by atoms with Crippen molar-refractivity contribution in [1.82, 2.24) is 10.2 Å². The SMILES string of the molecule is CCCNC(=O)[C@@H](Cc1ccccc1)N(Cc1ccc(F)cc1)C(=O)CCCN(c1ccc(OCC)cc1)S(C)(=O)=O. The molecule has 3 aromatic carbocycles. The maximum Gasteiger partial charge on any atom is 0.243 e. The molecule has 10 heteroatoms. The normalized spacial score (nSPS) is 11.9. The summed E-state index contributed by atoms with van der Waals surface area (Å²) in [5.74, 6) is -0.337. The first-order valence-corrected chi connectivity index (χ1v) is 16.0. The van der Waals surface area contributed by atoms with Crippen molar-refractivity contribution in [2.24, 2.45) is 0 Å². The quantitative estimate of drug-likeness (QED) is 0.253. The number of anilines is 1. The molecule has 0 aliphatic rings. The summed E-state index contributed by atoms with van der Waals surface area (Å²) < 4.78 is 45.6. The second-order valence-corrected chi connectivity index (χ2v) is 11.9. The van der Waals surface area contributed by atoms with E-state index in [4.69, 9.17) is 4.74 Å². The summed E-state index contributed by atoms with van der Waals surface area (Å²) in [6.07, 6.45) is 2.40. The van der Waals surface area contributed by atoms with Crippen molar-refractivity contribution >= 4 is 27.5 Å². The maximum absolute atomic E-state index is 13.8. The molecular formula is C32H40FN3O5S. The highest BCUT2D eigenvalue weighted by molar-refractivity contribution is 7.92. The highest BCUT2D eigenvalue weighted by atomic mass is 32.2. The third-order valence-corrected chi connectivity index (χ3v) is 7.87. The summed E-state index contributed by atoms with van der Waals surface area (Å²) in [7, 11) is -3.63. The number of hydrogen-bond acceptors (Lipinski definition) is 5. The topological polar surface area (TPSA) is 96.0 Å². The van der Waals surface area contributed by atoms with Crippen molar-refractivity contribution < 1.29 is 27.1 Å². The van der Waals surface area contributed by atoms with Crippen molar-refractivity contribution in [3.05, 3.63) is 95.8 Å². The molecule has 1 atom stereocenters. The van der Waals surface area contributed by atoms with E-state index in [1.807, 2.05) is 44.2 Å². The molecule has 0 fully saturated rings. The Labute approximate surface area is 248 Å². The van der Waals surface area contributed by atoms with Crippen molar-refractivity contribution in [1.29, 1.82) is 0 Å². The van der Waals surface area contributed by atoms with Gasteiger partial charge in [0.15, 0.2) is 0 Å². The molecule has 3 aromatic rings. The smallest absolute Gasteiger partial charge is 0.243 e. The Morgan fingerprint density at radius 2 is 1.60 bits per heavy atom. The lowest BCUT2D eigenvalue weighted by atomic mass is 10.0. The fraction of sp³-hybridized carbons (Fsp3) is 0.375. The molecule has 0 saturated heterocycles. The van der Waals surface area contributed by atoms with Gasteiger partial charge in [-0.1, -0.05) is 49.4 Å². The van der Waals surface area contributed by atoms with E-state index in [0.29, 0.717) is 36.6 Å². The Kier molecular flexibility index (Phi) is 12.3. The Balaban J connectivity index is 1.84. The van der Waals surface area contributed by atoms with Crippen LogP contribution in [0.5, 0.6) is 5.75 Å². The van der Waals surface area contributed by atoms with Gasteiger partial charge in [0.05, 0.1) is 18.6 Å². The van der Waals surface area contributed by atoms with Crippen LogP contribution in [-0.2, 0) is 32.6 Å². The van der Waals surface area contributed by atoms with Gasteiger partial charge in [0.2, 0.25) is 21.8 Å². The van der Waals surface area contributed by atoms with Crippen LogP contribution in [0.2, 0.25) is 0 Å². The standard InChI is InChI=1S/C32H40FN3O5S/c1-4-21-34-32(38)30(23-25-10-7-6-8-11-25)35(24-26-13-15-27(33)16-14-26)31(37)12-9-22-36(42(3,39)40)28-17-19-29(20-18-28)41-5-2/h6-8,10-11,13-20,30H,4-5,9,12,21-24H2,1-3H3,(H,34,38)/t30-/m1/s1. The van der Waals surface area contributed by atoms with E-state index in [-0.39, 0.29) is 37.7 Å². The van der Waals surface area contributed by atoms with Gasteiger partial charge in [0, 0.05) is 32.5 Å². The van der Waals surface area contributed by atoms with E-state index >= 15 is 0 Å². The maximum atomic E-state index is 13.8. The third-order valence-electron chi connectivity index (χ3n) is 6.67. The first-order valence-electron chi connectivity index (χ1n) is 14.2. The molecule has 0 bridgehead atoms. The molecule has 0 heterocycles. The summed E-state index contributed by atoms with van der Waals surface area (Å²) >= 11 is 0. The van der Waals surface area contributed by atoms with Crippen LogP contribution in [0.3, 0.4) is 0 Å². The summed E-state index contributed by atoms with van der Waals surface area (Å²) in [5.41, 5.74) is 2.04. The molecule has 0 unspecified atom stereocenters. The Morgan fingerprint density at radius 3 is 2.19 bits per heavy atom.